The number of hydrogen-bond donors (Lipinski definition) is 1. The van der Waals surface area contributed by atoms with Gasteiger partial charge in [-0.2, -0.15) is 0 Å². The summed E-state index contributed by atoms with van der Waals surface area (Å²) >= 11 is 0. The molecule has 0 saturated heterocycles. The molecule has 0 spiro atoms. The predicted octanol–water partition coefficient (Wildman–Crippen LogP) is 4.75. The Labute approximate surface area is 131 Å². The van der Waals surface area contributed by atoms with E-state index in [-0.39, 0.29) is 11.5 Å². The Morgan fingerprint density at radius 2 is 1.57 bits per heavy atom. The van der Waals surface area contributed by atoms with E-state index in [0.29, 0.717) is 0 Å². The largest absolute Gasteiger partial charge is 0.392 e. The zero-order valence-corrected chi connectivity index (χ0v) is 14.5. The van der Waals surface area contributed by atoms with Crippen molar-refractivity contribution < 1.29 is 5.11 Å². The van der Waals surface area contributed by atoms with E-state index in [0.717, 1.165) is 25.9 Å². The van der Waals surface area contributed by atoms with Gasteiger partial charge in [0.15, 0.2) is 0 Å². The molecule has 0 aromatic heterocycles. The molecule has 120 valence electrons. The topological polar surface area (TPSA) is 23.5 Å². The van der Waals surface area contributed by atoms with Crippen molar-refractivity contribution in [2.24, 2.45) is 0 Å². The number of unbranched alkanes of at least 4 members (excludes halogenated alkanes) is 2. The number of benzene rings is 1. The lowest BCUT2D eigenvalue weighted by Crippen LogP contribution is -2.33. The van der Waals surface area contributed by atoms with E-state index < -0.39 is 0 Å². The molecule has 0 heterocycles. The van der Waals surface area contributed by atoms with Crippen molar-refractivity contribution in [3.05, 3.63) is 29.8 Å². The summed E-state index contributed by atoms with van der Waals surface area (Å²) in [6.07, 6.45) is 4.13. The molecule has 0 amide bonds. The van der Waals surface area contributed by atoms with Gasteiger partial charge in [-0.05, 0) is 38.0 Å². The van der Waals surface area contributed by atoms with E-state index >= 15 is 0 Å². The average Bonchev–Trinajstić information content (AvgIpc) is 2.49. The van der Waals surface area contributed by atoms with Gasteiger partial charge in [0.2, 0.25) is 0 Å². The second-order valence-corrected chi connectivity index (χ2v) is 6.45. The monoisotopic (exact) mass is 291 g/mol. The quantitative estimate of drug-likeness (QED) is 0.664. The highest BCUT2D eigenvalue weighted by Crippen LogP contribution is 2.31. The molecule has 0 radical (unpaired) electrons. The molecular weight excluding hydrogens is 258 g/mol. The highest BCUT2D eigenvalue weighted by atomic mass is 16.3. The standard InChI is InChI=1S/C19H33NO/c1-6-9-10-11-18(21)19(4,5)16-12-14-17(15-13-16)20(7-2)8-3/h12-15,18,21H,6-11H2,1-5H3. The fraction of sp³-hybridized carbons (Fsp3) is 0.684. The lowest BCUT2D eigenvalue weighted by Gasteiger charge is -2.32. The minimum atomic E-state index is -0.275. The van der Waals surface area contributed by atoms with Gasteiger partial charge in [-0.1, -0.05) is 52.2 Å². The molecule has 1 unspecified atom stereocenters. The van der Waals surface area contributed by atoms with E-state index in [1.54, 1.807) is 0 Å². The summed E-state index contributed by atoms with van der Waals surface area (Å²) in [7, 11) is 0. The Morgan fingerprint density at radius 3 is 2.05 bits per heavy atom. The number of rotatable bonds is 9. The first-order chi connectivity index (χ1) is 9.97. The maximum atomic E-state index is 10.5. The summed E-state index contributed by atoms with van der Waals surface area (Å²) in [5.74, 6) is 0. The first kappa shape index (κ1) is 18.0. The third kappa shape index (κ3) is 4.74. The highest BCUT2D eigenvalue weighted by molar-refractivity contribution is 5.48. The van der Waals surface area contributed by atoms with Gasteiger partial charge < -0.3 is 10.0 Å². The van der Waals surface area contributed by atoms with Crippen molar-refractivity contribution in [2.75, 3.05) is 18.0 Å². The van der Waals surface area contributed by atoms with Crippen LogP contribution in [0.2, 0.25) is 0 Å². The zero-order valence-electron chi connectivity index (χ0n) is 14.5. The molecular formula is C19H33NO. The highest BCUT2D eigenvalue weighted by Gasteiger charge is 2.29. The van der Waals surface area contributed by atoms with E-state index in [9.17, 15) is 5.11 Å². The van der Waals surface area contributed by atoms with Crippen molar-refractivity contribution in [1.29, 1.82) is 0 Å². The molecule has 0 bridgehead atoms. The normalized spacial score (nSPS) is 13.2. The molecule has 1 aromatic carbocycles. The van der Waals surface area contributed by atoms with Crippen LogP contribution in [0, 0.1) is 0 Å². The van der Waals surface area contributed by atoms with Gasteiger partial charge in [0, 0.05) is 24.2 Å². The molecule has 1 aromatic rings. The Hall–Kier alpha value is -1.02. The van der Waals surface area contributed by atoms with Crippen LogP contribution in [-0.4, -0.2) is 24.3 Å². The molecule has 21 heavy (non-hydrogen) atoms. The minimum absolute atomic E-state index is 0.185. The van der Waals surface area contributed by atoms with Crippen LogP contribution in [0.1, 0.15) is 65.9 Å². The summed E-state index contributed by atoms with van der Waals surface area (Å²) in [4.78, 5) is 2.34. The molecule has 1 atom stereocenters. The summed E-state index contributed by atoms with van der Waals surface area (Å²) in [6, 6.07) is 8.72. The van der Waals surface area contributed by atoms with Crippen molar-refractivity contribution in [3.63, 3.8) is 0 Å². The van der Waals surface area contributed by atoms with Gasteiger partial charge in [-0.25, -0.2) is 0 Å². The Kier molecular flexibility index (Phi) is 7.24. The van der Waals surface area contributed by atoms with Gasteiger partial charge >= 0.3 is 0 Å². The molecule has 1 rings (SSSR count). The van der Waals surface area contributed by atoms with Gasteiger partial charge in [-0.3, -0.25) is 0 Å². The average molecular weight is 291 g/mol. The second-order valence-electron chi connectivity index (χ2n) is 6.45. The second kappa shape index (κ2) is 8.43. The number of anilines is 1. The minimum Gasteiger partial charge on any atom is -0.392 e. The van der Waals surface area contributed by atoms with Crippen LogP contribution in [0.25, 0.3) is 0 Å². The van der Waals surface area contributed by atoms with Crippen LogP contribution >= 0.6 is 0 Å². The SMILES string of the molecule is CCCCCC(O)C(C)(C)c1ccc(N(CC)CC)cc1. The van der Waals surface area contributed by atoms with E-state index in [4.69, 9.17) is 0 Å². The van der Waals surface area contributed by atoms with Crippen molar-refractivity contribution >= 4 is 5.69 Å². The van der Waals surface area contributed by atoms with Crippen LogP contribution in [-0.2, 0) is 5.41 Å². The first-order valence-corrected chi connectivity index (χ1v) is 8.50. The molecule has 0 saturated carbocycles. The summed E-state index contributed by atoms with van der Waals surface area (Å²) < 4.78 is 0. The Morgan fingerprint density at radius 1 is 1.00 bits per heavy atom. The lowest BCUT2D eigenvalue weighted by molar-refractivity contribution is 0.0886. The summed E-state index contributed by atoms with van der Waals surface area (Å²) in [5, 5.41) is 10.5. The maximum absolute atomic E-state index is 10.5. The van der Waals surface area contributed by atoms with Crippen molar-refractivity contribution in [3.8, 4) is 0 Å². The van der Waals surface area contributed by atoms with Crippen LogP contribution in [0.3, 0.4) is 0 Å². The van der Waals surface area contributed by atoms with Crippen LogP contribution in [0.15, 0.2) is 24.3 Å². The van der Waals surface area contributed by atoms with Gasteiger partial charge in [0.25, 0.3) is 0 Å². The van der Waals surface area contributed by atoms with E-state index in [1.165, 1.54) is 24.1 Å². The van der Waals surface area contributed by atoms with Crippen LogP contribution in [0.5, 0.6) is 0 Å². The van der Waals surface area contributed by atoms with Crippen molar-refractivity contribution in [2.45, 2.75) is 71.8 Å². The van der Waals surface area contributed by atoms with Crippen molar-refractivity contribution in [1.82, 2.24) is 0 Å². The molecule has 1 N–H and O–H groups in total. The summed E-state index contributed by atoms with van der Waals surface area (Å²) in [5.41, 5.74) is 2.30. The smallest absolute Gasteiger partial charge is 0.0631 e. The molecule has 0 aliphatic heterocycles. The van der Waals surface area contributed by atoms with Crippen LogP contribution < -0.4 is 4.90 Å². The molecule has 0 aliphatic rings. The molecule has 2 heteroatoms. The molecule has 0 fully saturated rings. The van der Waals surface area contributed by atoms with Gasteiger partial charge in [0.05, 0.1) is 6.10 Å². The molecule has 0 aliphatic carbocycles. The third-order valence-electron chi connectivity index (χ3n) is 4.65. The number of hydrogen-bond acceptors (Lipinski definition) is 2. The fourth-order valence-electron chi connectivity index (χ4n) is 2.83. The van der Waals surface area contributed by atoms with Gasteiger partial charge in [-0.15, -0.1) is 0 Å². The third-order valence-corrected chi connectivity index (χ3v) is 4.65. The zero-order chi connectivity index (χ0) is 15.9. The predicted molar refractivity (Wildman–Crippen MR) is 93.2 cm³/mol. The Bertz CT molecular complexity index is 393. The lowest BCUT2D eigenvalue weighted by atomic mass is 9.77. The van der Waals surface area contributed by atoms with E-state index in [2.05, 4.69) is 63.8 Å². The fourth-order valence-corrected chi connectivity index (χ4v) is 2.83. The Balaban J connectivity index is 2.78. The van der Waals surface area contributed by atoms with E-state index in [1.807, 2.05) is 0 Å². The number of nitrogens with zero attached hydrogens (tertiary/aromatic N) is 1. The number of aliphatic hydroxyl groups is 1. The maximum Gasteiger partial charge on any atom is 0.0631 e. The molecule has 2 nitrogen and oxygen atoms in total. The van der Waals surface area contributed by atoms with Gasteiger partial charge in [0.1, 0.15) is 0 Å². The first-order valence-electron chi connectivity index (χ1n) is 8.50. The summed E-state index contributed by atoms with van der Waals surface area (Å²) in [6.45, 7) is 12.9. The van der Waals surface area contributed by atoms with Crippen LogP contribution in [0.4, 0.5) is 5.69 Å². The number of aliphatic hydroxyl groups excluding tert-OH is 1.